The first kappa shape index (κ1) is 22.8. The number of likely N-dealkylation sites (N-methyl/N-ethyl adjacent to an activating group) is 1. The molecule has 0 bridgehead atoms. The van der Waals surface area contributed by atoms with Crippen molar-refractivity contribution >= 4 is 18.0 Å². The van der Waals surface area contributed by atoms with Crippen LogP contribution in [0.5, 0.6) is 0 Å². The molecule has 0 heterocycles. The Labute approximate surface area is 193 Å². The second-order valence-corrected chi connectivity index (χ2v) is 8.97. The lowest BCUT2D eigenvalue weighted by molar-refractivity contribution is -0.146. The third kappa shape index (κ3) is 4.32. The molecule has 1 saturated carbocycles. The lowest BCUT2D eigenvalue weighted by Crippen LogP contribution is -2.64. The Morgan fingerprint density at radius 2 is 1.67 bits per heavy atom. The number of carbonyl (C=O) groups excluding carboxylic acids is 2. The van der Waals surface area contributed by atoms with Crippen LogP contribution in [0.4, 0.5) is 4.79 Å². The fourth-order valence-corrected chi connectivity index (χ4v) is 4.82. The number of rotatable bonds is 8. The first-order valence-electron chi connectivity index (χ1n) is 11.5. The Bertz CT molecular complexity index is 1020. The molecule has 4 rings (SSSR count). The standard InChI is InChI=1S/C26H30N2O5/c1-3-28(15-17(2)23(29)30)24(31)26(13-8-14-26)27-25(32)33-16-22-20-11-6-4-9-18(20)19-10-5-7-12-21(19)22/h4-7,9-12,17,22H,3,8,13-16H2,1-2H3,(H,27,32)(H,29,30). The van der Waals surface area contributed by atoms with Crippen molar-refractivity contribution in [2.45, 2.75) is 44.6 Å². The molecule has 7 heteroatoms. The van der Waals surface area contributed by atoms with E-state index < -0.39 is 23.5 Å². The fourth-order valence-electron chi connectivity index (χ4n) is 4.82. The smallest absolute Gasteiger partial charge is 0.408 e. The van der Waals surface area contributed by atoms with Crippen molar-refractivity contribution in [2.24, 2.45) is 5.92 Å². The van der Waals surface area contributed by atoms with Crippen molar-refractivity contribution in [2.75, 3.05) is 19.7 Å². The zero-order chi connectivity index (χ0) is 23.6. The van der Waals surface area contributed by atoms with Gasteiger partial charge in [0.2, 0.25) is 5.91 Å². The van der Waals surface area contributed by atoms with Gasteiger partial charge in [0.1, 0.15) is 12.1 Å². The number of carbonyl (C=O) groups is 3. The molecule has 0 radical (unpaired) electrons. The van der Waals surface area contributed by atoms with Gasteiger partial charge in [-0.2, -0.15) is 0 Å². The summed E-state index contributed by atoms with van der Waals surface area (Å²) in [5.74, 6) is -1.92. The summed E-state index contributed by atoms with van der Waals surface area (Å²) in [7, 11) is 0. The second kappa shape index (κ2) is 9.25. The van der Waals surface area contributed by atoms with Crippen LogP contribution in [-0.4, -0.2) is 53.2 Å². The molecule has 2 N–H and O–H groups in total. The first-order chi connectivity index (χ1) is 15.9. The van der Waals surface area contributed by atoms with Crippen LogP contribution in [0, 0.1) is 5.92 Å². The average molecular weight is 451 g/mol. The maximum absolute atomic E-state index is 13.2. The summed E-state index contributed by atoms with van der Waals surface area (Å²) in [4.78, 5) is 38.8. The highest BCUT2D eigenvalue weighted by molar-refractivity contribution is 5.91. The number of carboxylic acid groups (broad SMARTS) is 1. The van der Waals surface area contributed by atoms with E-state index in [1.54, 1.807) is 6.92 Å². The summed E-state index contributed by atoms with van der Waals surface area (Å²) < 4.78 is 5.64. The van der Waals surface area contributed by atoms with E-state index in [9.17, 15) is 19.5 Å². The van der Waals surface area contributed by atoms with Crippen molar-refractivity contribution in [1.82, 2.24) is 10.2 Å². The summed E-state index contributed by atoms with van der Waals surface area (Å²) >= 11 is 0. The third-order valence-electron chi connectivity index (χ3n) is 6.89. The first-order valence-corrected chi connectivity index (χ1v) is 11.5. The number of fused-ring (bicyclic) bond motifs is 3. The highest BCUT2D eigenvalue weighted by Crippen LogP contribution is 2.44. The minimum Gasteiger partial charge on any atom is -0.481 e. The molecule has 0 aliphatic heterocycles. The van der Waals surface area contributed by atoms with E-state index in [1.807, 2.05) is 31.2 Å². The van der Waals surface area contributed by atoms with Gasteiger partial charge in [0.25, 0.3) is 0 Å². The largest absolute Gasteiger partial charge is 0.481 e. The van der Waals surface area contributed by atoms with E-state index in [-0.39, 0.29) is 25.0 Å². The molecule has 0 aromatic heterocycles. The molecular weight excluding hydrogens is 420 g/mol. The molecule has 2 aromatic rings. The molecule has 7 nitrogen and oxygen atoms in total. The monoisotopic (exact) mass is 450 g/mol. The van der Waals surface area contributed by atoms with E-state index in [0.29, 0.717) is 19.4 Å². The van der Waals surface area contributed by atoms with Gasteiger partial charge in [-0.25, -0.2) is 4.79 Å². The number of nitrogens with zero attached hydrogens (tertiary/aromatic N) is 1. The predicted molar refractivity (Wildman–Crippen MR) is 124 cm³/mol. The lowest BCUT2D eigenvalue weighted by Gasteiger charge is -2.43. The van der Waals surface area contributed by atoms with Gasteiger partial charge in [0.05, 0.1) is 5.92 Å². The highest BCUT2D eigenvalue weighted by atomic mass is 16.5. The maximum atomic E-state index is 13.2. The number of hydrogen-bond acceptors (Lipinski definition) is 4. The topological polar surface area (TPSA) is 95.9 Å². The molecule has 1 unspecified atom stereocenters. The number of ether oxygens (including phenoxy) is 1. The van der Waals surface area contributed by atoms with Crippen LogP contribution in [-0.2, 0) is 14.3 Å². The average Bonchev–Trinajstić information content (AvgIpc) is 3.11. The number of benzene rings is 2. The van der Waals surface area contributed by atoms with Crippen LogP contribution in [0.2, 0.25) is 0 Å². The van der Waals surface area contributed by atoms with Crippen molar-refractivity contribution in [3.63, 3.8) is 0 Å². The van der Waals surface area contributed by atoms with Gasteiger partial charge >= 0.3 is 12.1 Å². The Morgan fingerprint density at radius 3 is 2.15 bits per heavy atom. The number of hydrogen-bond donors (Lipinski definition) is 2. The Kier molecular flexibility index (Phi) is 6.40. The van der Waals surface area contributed by atoms with Crippen LogP contribution < -0.4 is 5.32 Å². The van der Waals surface area contributed by atoms with Crippen molar-refractivity contribution in [3.05, 3.63) is 59.7 Å². The van der Waals surface area contributed by atoms with Crippen LogP contribution in [0.15, 0.2) is 48.5 Å². The van der Waals surface area contributed by atoms with Crippen LogP contribution in [0.25, 0.3) is 11.1 Å². The van der Waals surface area contributed by atoms with E-state index in [1.165, 1.54) is 4.90 Å². The second-order valence-electron chi connectivity index (χ2n) is 8.97. The molecule has 174 valence electrons. The molecule has 1 atom stereocenters. The number of aliphatic carboxylic acids is 1. The van der Waals surface area contributed by atoms with Crippen molar-refractivity contribution in [3.8, 4) is 11.1 Å². The Morgan fingerprint density at radius 1 is 1.09 bits per heavy atom. The Balaban J connectivity index is 1.43. The number of nitrogens with one attached hydrogen (secondary N) is 1. The molecule has 1 fully saturated rings. The van der Waals surface area contributed by atoms with E-state index in [0.717, 1.165) is 28.7 Å². The van der Waals surface area contributed by atoms with Gasteiger partial charge in [-0.15, -0.1) is 0 Å². The zero-order valence-corrected chi connectivity index (χ0v) is 19.0. The third-order valence-corrected chi connectivity index (χ3v) is 6.89. The predicted octanol–water partition coefficient (Wildman–Crippen LogP) is 4.02. The number of alkyl carbamates (subject to hydrolysis) is 1. The minimum atomic E-state index is -1.02. The van der Waals surface area contributed by atoms with Gasteiger partial charge < -0.3 is 20.1 Å². The van der Waals surface area contributed by atoms with Gasteiger partial charge in [-0.05, 0) is 48.4 Å². The zero-order valence-electron chi connectivity index (χ0n) is 19.0. The van der Waals surface area contributed by atoms with Crippen molar-refractivity contribution in [1.29, 1.82) is 0 Å². The quantitative estimate of drug-likeness (QED) is 0.633. The molecule has 0 saturated heterocycles. The van der Waals surface area contributed by atoms with Gasteiger partial charge in [0.15, 0.2) is 0 Å². The van der Waals surface area contributed by atoms with Crippen molar-refractivity contribution < 1.29 is 24.2 Å². The fraction of sp³-hybridized carbons (Fsp3) is 0.423. The summed E-state index contributed by atoms with van der Waals surface area (Å²) in [5.41, 5.74) is 3.54. The minimum absolute atomic E-state index is 0.0558. The Hall–Kier alpha value is -3.35. The summed E-state index contributed by atoms with van der Waals surface area (Å²) in [6.45, 7) is 4.05. The van der Waals surface area contributed by atoms with Gasteiger partial charge in [-0.3, -0.25) is 9.59 Å². The van der Waals surface area contributed by atoms with Crippen LogP contribution in [0.1, 0.15) is 50.2 Å². The van der Waals surface area contributed by atoms with E-state index in [4.69, 9.17) is 4.74 Å². The van der Waals surface area contributed by atoms with Gasteiger partial charge in [0, 0.05) is 19.0 Å². The summed E-state index contributed by atoms with van der Waals surface area (Å²) in [6, 6.07) is 16.2. The maximum Gasteiger partial charge on any atom is 0.408 e. The molecule has 2 aromatic carbocycles. The van der Waals surface area contributed by atoms with E-state index in [2.05, 4.69) is 29.6 Å². The summed E-state index contributed by atoms with van der Waals surface area (Å²) in [5, 5.41) is 12.0. The highest BCUT2D eigenvalue weighted by Gasteiger charge is 2.48. The number of amides is 2. The SMILES string of the molecule is CCN(CC(C)C(=O)O)C(=O)C1(NC(=O)OCC2c3ccccc3-c3ccccc32)CCC1. The van der Waals surface area contributed by atoms with Crippen LogP contribution >= 0.6 is 0 Å². The molecule has 0 spiro atoms. The molecule has 2 aliphatic rings. The lowest BCUT2D eigenvalue weighted by atomic mass is 9.75. The normalized spacial score (nSPS) is 16.7. The molecule has 2 amide bonds. The molecule has 33 heavy (non-hydrogen) atoms. The summed E-state index contributed by atoms with van der Waals surface area (Å²) in [6.07, 6.45) is 1.25. The van der Waals surface area contributed by atoms with E-state index >= 15 is 0 Å². The number of carboxylic acids is 1. The molecular formula is C26H30N2O5. The molecule has 2 aliphatic carbocycles. The van der Waals surface area contributed by atoms with Crippen LogP contribution in [0.3, 0.4) is 0 Å². The van der Waals surface area contributed by atoms with Gasteiger partial charge in [-0.1, -0.05) is 55.5 Å².